The molecule has 2 N–H and O–H groups in total. The number of aliphatic carboxylic acids is 1. The van der Waals surface area contributed by atoms with Crippen LogP contribution in [0.5, 0.6) is 5.75 Å². The lowest BCUT2D eigenvalue weighted by Gasteiger charge is -2.15. The molecule has 0 aromatic heterocycles. The van der Waals surface area contributed by atoms with Crippen molar-refractivity contribution in [3.8, 4) is 5.75 Å². The third-order valence-electron chi connectivity index (χ3n) is 3.18. The van der Waals surface area contributed by atoms with Crippen LogP contribution in [-0.4, -0.2) is 36.3 Å². The molecule has 1 heterocycles. The van der Waals surface area contributed by atoms with E-state index < -0.39 is 5.97 Å². The second-order valence-corrected chi connectivity index (χ2v) is 4.88. The number of anilines is 1. The fraction of sp³-hybridized carbons (Fsp3) is 0.467. The predicted octanol–water partition coefficient (Wildman–Crippen LogP) is 2.05. The second kappa shape index (κ2) is 7.64. The Morgan fingerprint density at radius 3 is 2.86 bits per heavy atom. The van der Waals surface area contributed by atoms with E-state index in [4.69, 9.17) is 14.6 Å². The highest BCUT2D eigenvalue weighted by Gasteiger charge is 2.17. The third-order valence-corrected chi connectivity index (χ3v) is 3.18. The number of carbonyl (C=O) groups is 2. The van der Waals surface area contributed by atoms with E-state index in [1.54, 1.807) is 18.2 Å². The van der Waals surface area contributed by atoms with Crippen LogP contribution < -0.4 is 10.1 Å². The molecular weight excluding hydrogens is 274 g/mol. The summed E-state index contributed by atoms with van der Waals surface area (Å²) in [5.74, 6) is -0.768. The molecule has 114 valence electrons. The van der Waals surface area contributed by atoms with E-state index in [-0.39, 0.29) is 24.9 Å². The molecule has 0 bridgehead atoms. The Balaban J connectivity index is 1.89. The number of carboxylic acid groups (broad SMARTS) is 1. The number of para-hydroxylation sites is 2. The van der Waals surface area contributed by atoms with E-state index in [0.29, 0.717) is 18.0 Å². The molecule has 0 unspecified atom stereocenters. The first-order valence-electron chi connectivity index (χ1n) is 7.00. The van der Waals surface area contributed by atoms with Gasteiger partial charge in [0, 0.05) is 13.0 Å². The van der Waals surface area contributed by atoms with E-state index >= 15 is 0 Å². The smallest absolute Gasteiger partial charge is 0.303 e. The average molecular weight is 293 g/mol. The van der Waals surface area contributed by atoms with Crippen LogP contribution in [0, 0.1) is 0 Å². The monoisotopic (exact) mass is 293 g/mol. The Morgan fingerprint density at radius 2 is 2.14 bits per heavy atom. The quantitative estimate of drug-likeness (QED) is 0.803. The molecule has 1 atom stereocenters. The van der Waals surface area contributed by atoms with Gasteiger partial charge in [-0.2, -0.15) is 0 Å². The number of benzene rings is 1. The molecule has 1 aromatic carbocycles. The van der Waals surface area contributed by atoms with Gasteiger partial charge >= 0.3 is 5.97 Å². The molecule has 2 rings (SSSR count). The minimum absolute atomic E-state index is 0.0601. The van der Waals surface area contributed by atoms with Crippen molar-refractivity contribution in [3.63, 3.8) is 0 Å². The van der Waals surface area contributed by atoms with Crippen molar-refractivity contribution in [1.29, 1.82) is 0 Å². The van der Waals surface area contributed by atoms with Crippen molar-refractivity contribution >= 4 is 17.6 Å². The summed E-state index contributed by atoms with van der Waals surface area (Å²) in [6.45, 7) is 1.21. The zero-order valence-corrected chi connectivity index (χ0v) is 11.7. The number of carboxylic acids is 1. The number of hydrogen-bond donors (Lipinski definition) is 2. The maximum Gasteiger partial charge on any atom is 0.303 e. The van der Waals surface area contributed by atoms with Crippen LogP contribution in [0.1, 0.15) is 25.7 Å². The number of amides is 1. The molecule has 1 aromatic rings. The van der Waals surface area contributed by atoms with E-state index in [1.165, 1.54) is 0 Å². The molecule has 1 aliphatic rings. The third kappa shape index (κ3) is 5.07. The van der Waals surface area contributed by atoms with Crippen molar-refractivity contribution in [1.82, 2.24) is 0 Å². The highest BCUT2D eigenvalue weighted by molar-refractivity contribution is 5.93. The lowest BCUT2D eigenvalue weighted by molar-refractivity contribution is -0.138. The Bertz CT molecular complexity index is 497. The zero-order valence-electron chi connectivity index (χ0n) is 11.7. The maximum atomic E-state index is 11.7. The highest BCUT2D eigenvalue weighted by Crippen LogP contribution is 2.25. The van der Waals surface area contributed by atoms with Gasteiger partial charge in [0.15, 0.2) is 0 Å². The summed E-state index contributed by atoms with van der Waals surface area (Å²) in [5, 5.41) is 11.2. The lowest BCUT2D eigenvalue weighted by Crippen LogP contribution is -2.18. The van der Waals surface area contributed by atoms with Crippen molar-refractivity contribution in [2.24, 2.45) is 0 Å². The molecule has 0 radical (unpaired) electrons. The standard InChI is InChI=1S/C15H19NO5/c17-14(7-8-15(18)19)16-12-5-1-2-6-13(12)21-10-11-4-3-9-20-11/h1-2,5-6,11H,3-4,7-10H2,(H,16,17)(H,18,19)/t11-/m0/s1. The van der Waals surface area contributed by atoms with Gasteiger partial charge in [0.1, 0.15) is 12.4 Å². The van der Waals surface area contributed by atoms with Gasteiger partial charge in [-0.25, -0.2) is 0 Å². The number of carbonyl (C=O) groups excluding carboxylic acids is 1. The fourth-order valence-corrected chi connectivity index (χ4v) is 2.09. The lowest BCUT2D eigenvalue weighted by atomic mass is 10.2. The molecule has 1 saturated heterocycles. The molecule has 6 nitrogen and oxygen atoms in total. The van der Waals surface area contributed by atoms with E-state index in [9.17, 15) is 9.59 Å². The van der Waals surface area contributed by atoms with Crippen LogP contribution in [0.3, 0.4) is 0 Å². The van der Waals surface area contributed by atoms with Gasteiger partial charge in [0.25, 0.3) is 0 Å². The van der Waals surface area contributed by atoms with Crippen LogP contribution in [0.25, 0.3) is 0 Å². The Morgan fingerprint density at radius 1 is 1.33 bits per heavy atom. The van der Waals surface area contributed by atoms with Gasteiger partial charge in [0.2, 0.25) is 5.91 Å². The normalized spacial score (nSPS) is 17.4. The van der Waals surface area contributed by atoms with Crippen LogP contribution >= 0.6 is 0 Å². The number of ether oxygens (including phenoxy) is 2. The van der Waals surface area contributed by atoms with Crippen LogP contribution in [0.2, 0.25) is 0 Å². The molecular formula is C15H19NO5. The first-order chi connectivity index (χ1) is 10.1. The summed E-state index contributed by atoms with van der Waals surface area (Å²) < 4.78 is 11.2. The van der Waals surface area contributed by atoms with Gasteiger partial charge < -0.3 is 19.9 Å². The van der Waals surface area contributed by atoms with Gasteiger partial charge in [-0.15, -0.1) is 0 Å². The van der Waals surface area contributed by atoms with Gasteiger partial charge in [0.05, 0.1) is 18.2 Å². The Labute approximate surface area is 123 Å². The summed E-state index contributed by atoms with van der Waals surface area (Å²) in [6, 6.07) is 7.09. The number of rotatable bonds is 7. The van der Waals surface area contributed by atoms with Crippen molar-refractivity contribution in [2.75, 3.05) is 18.5 Å². The topological polar surface area (TPSA) is 84.9 Å². The largest absolute Gasteiger partial charge is 0.489 e. The highest BCUT2D eigenvalue weighted by atomic mass is 16.5. The van der Waals surface area contributed by atoms with Crippen molar-refractivity contribution < 1.29 is 24.2 Å². The van der Waals surface area contributed by atoms with E-state index in [2.05, 4.69) is 5.32 Å². The van der Waals surface area contributed by atoms with Gasteiger partial charge in [-0.1, -0.05) is 12.1 Å². The van der Waals surface area contributed by atoms with Gasteiger partial charge in [-0.05, 0) is 25.0 Å². The van der Waals surface area contributed by atoms with Crippen LogP contribution in [0.15, 0.2) is 24.3 Å². The summed E-state index contributed by atoms with van der Waals surface area (Å²) in [5.41, 5.74) is 0.547. The maximum absolute atomic E-state index is 11.7. The molecule has 1 fully saturated rings. The van der Waals surface area contributed by atoms with Crippen molar-refractivity contribution in [3.05, 3.63) is 24.3 Å². The molecule has 0 spiro atoms. The first-order valence-corrected chi connectivity index (χ1v) is 7.00. The fourth-order valence-electron chi connectivity index (χ4n) is 2.09. The summed E-state index contributed by atoms with van der Waals surface area (Å²) >= 11 is 0. The number of nitrogens with one attached hydrogen (secondary N) is 1. The molecule has 1 amide bonds. The number of hydrogen-bond acceptors (Lipinski definition) is 4. The summed E-state index contributed by atoms with van der Waals surface area (Å²) in [6.07, 6.45) is 1.87. The van der Waals surface area contributed by atoms with Crippen molar-refractivity contribution in [2.45, 2.75) is 31.8 Å². The van der Waals surface area contributed by atoms with Crippen LogP contribution in [-0.2, 0) is 14.3 Å². The molecule has 6 heteroatoms. The van der Waals surface area contributed by atoms with E-state index in [0.717, 1.165) is 19.4 Å². The summed E-state index contributed by atoms with van der Waals surface area (Å²) in [4.78, 5) is 22.1. The molecule has 21 heavy (non-hydrogen) atoms. The zero-order chi connectivity index (χ0) is 15.1. The molecule has 0 saturated carbocycles. The summed E-state index contributed by atoms with van der Waals surface area (Å²) in [7, 11) is 0. The minimum atomic E-state index is -0.993. The minimum Gasteiger partial charge on any atom is -0.489 e. The van der Waals surface area contributed by atoms with E-state index in [1.807, 2.05) is 6.07 Å². The molecule has 0 aliphatic carbocycles. The second-order valence-electron chi connectivity index (χ2n) is 4.88. The Kier molecular flexibility index (Phi) is 5.57. The average Bonchev–Trinajstić information content (AvgIpc) is 2.97. The molecule has 1 aliphatic heterocycles. The SMILES string of the molecule is O=C(O)CCC(=O)Nc1ccccc1OC[C@@H]1CCCO1. The predicted molar refractivity (Wildman–Crippen MR) is 76.4 cm³/mol. The first kappa shape index (κ1) is 15.3. The van der Waals surface area contributed by atoms with Crippen LogP contribution in [0.4, 0.5) is 5.69 Å². The van der Waals surface area contributed by atoms with Gasteiger partial charge in [-0.3, -0.25) is 9.59 Å². The Hall–Kier alpha value is -2.08.